The lowest BCUT2D eigenvalue weighted by Crippen LogP contribution is -2.54. The smallest absolute Gasteiger partial charge is 0.338 e. The molecule has 2 aliphatic rings. The number of rotatable bonds is 7. The fourth-order valence-electron chi connectivity index (χ4n) is 4.24. The number of nitrogens with zero attached hydrogens (tertiary/aromatic N) is 3. The number of thiazole rings is 1. The number of hydrogen-bond acceptors (Lipinski definition) is 8. The molecule has 2 aliphatic heterocycles. The van der Waals surface area contributed by atoms with E-state index in [0.29, 0.717) is 5.01 Å². The van der Waals surface area contributed by atoms with Gasteiger partial charge in [-0.15, -0.1) is 11.3 Å². The molecule has 4 rings (SSSR count). The second kappa shape index (κ2) is 12.7. The molecule has 1 aromatic carbocycles. The number of alkyl halides is 2. The average molecular weight is 573 g/mol. The number of aliphatic carboxylic acids is 1. The Morgan fingerprint density at radius 1 is 1.34 bits per heavy atom. The largest absolute Gasteiger partial charge is 0.480 e. The summed E-state index contributed by atoms with van der Waals surface area (Å²) in [6.45, 7) is 4.42. The molecule has 38 heavy (non-hydrogen) atoms. The van der Waals surface area contributed by atoms with Gasteiger partial charge in [-0.1, -0.05) is 37.6 Å². The van der Waals surface area contributed by atoms with Gasteiger partial charge in [-0.3, -0.25) is 14.7 Å². The first kappa shape index (κ1) is 29.6. The van der Waals surface area contributed by atoms with Crippen LogP contribution in [0, 0.1) is 5.82 Å². The minimum atomic E-state index is -3.11. The zero-order chi connectivity index (χ0) is 28.0. The van der Waals surface area contributed by atoms with Gasteiger partial charge in [0.15, 0.2) is 10.8 Å². The van der Waals surface area contributed by atoms with E-state index >= 15 is 0 Å². The molecule has 8 nitrogen and oxygen atoms in total. The van der Waals surface area contributed by atoms with Crippen LogP contribution < -0.4 is 5.32 Å². The van der Waals surface area contributed by atoms with Crippen molar-refractivity contribution in [2.24, 2.45) is 4.99 Å². The van der Waals surface area contributed by atoms with E-state index < -0.39 is 48.7 Å². The van der Waals surface area contributed by atoms with Crippen molar-refractivity contribution in [1.29, 1.82) is 0 Å². The Morgan fingerprint density at radius 2 is 2.08 bits per heavy atom. The van der Waals surface area contributed by atoms with Gasteiger partial charge in [-0.25, -0.2) is 22.9 Å². The average Bonchev–Trinajstić information content (AvgIpc) is 3.41. The van der Waals surface area contributed by atoms with Crippen LogP contribution in [0.4, 0.5) is 13.2 Å². The maximum absolute atomic E-state index is 14.4. The van der Waals surface area contributed by atoms with Crippen LogP contribution in [0.5, 0.6) is 0 Å². The lowest BCUT2D eigenvalue weighted by atomic mass is 9.93. The van der Waals surface area contributed by atoms with Crippen LogP contribution in [0.25, 0.3) is 0 Å². The molecule has 1 saturated heterocycles. The topological polar surface area (TPSA) is 104 Å². The van der Waals surface area contributed by atoms with Crippen molar-refractivity contribution >= 4 is 40.7 Å². The second-order valence-corrected chi connectivity index (χ2v) is 9.52. The van der Waals surface area contributed by atoms with Gasteiger partial charge in [-0.05, 0) is 19.4 Å². The molecule has 1 fully saturated rings. The number of carbonyl (C=O) groups is 2. The van der Waals surface area contributed by atoms with Crippen molar-refractivity contribution in [2.75, 3.05) is 19.7 Å². The molecule has 0 radical (unpaired) electrons. The third kappa shape index (κ3) is 6.54. The first-order valence-electron chi connectivity index (χ1n) is 12.0. The summed E-state index contributed by atoms with van der Waals surface area (Å²) in [5, 5.41) is 14.5. The van der Waals surface area contributed by atoms with Gasteiger partial charge in [0.05, 0.1) is 23.7 Å². The molecule has 1 unspecified atom stereocenters. The molecule has 0 saturated carbocycles. The molecule has 0 aliphatic carbocycles. The van der Waals surface area contributed by atoms with E-state index in [9.17, 15) is 27.9 Å². The van der Waals surface area contributed by atoms with Crippen molar-refractivity contribution in [3.63, 3.8) is 0 Å². The van der Waals surface area contributed by atoms with E-state index in [1.165, 1.54) is 29.7 Å². The fourth-order valence-corrected chi connectivity index (χ4v) is 5.06. The van der Waals surface area contributed by atoms with Gasteiger partial charge in [0.2, 0.25) is 0 Å². The summed E-state index contributed by atoms with van der Waals surface area (Å²) in [7, 11) is 0. The van der Waals surface area contributed by atoms with Crippen LogP contribution >= 0.6 is 22.9 Å². The number of likely N-dealkylation sites (tertiary alicyclic amines) is 1. The van der Waals surface area contributed by atoms with Gasteiger partial charge < -0.3 is 15.2 Å². The Morgan fingerprint density at radius 3 is 2.71 bits per heavy atom. The van der Waals surface area contributed by atoms with E-state index in [-0.39, 0.29) is 47.3 Å². The zero-order valence-electron chi connectivity index (χ0n) is 21.0. The zero-order valence-corrected chi connectivity index (χ0v) is 22.6. The van der Waals surface area contributed by atoms with E-state index in [0.717, 1.165) is 11.0 Å². The summed E-state index contributed by atoms with van der Waals surface area (Å²) in [5.74, 6) is -5.71. The van der Waals surface area contributed by atoms with E-state index in [1.807, 2.05) is 13.8 Å². The quantitative estimate of drug-likeness (QED) is 0.447. The molecule has 3 heterocycles. The highest BCUT2D eigenvalue weighted by atomic mass is 35.5. The van der Waals surface area contributed by atoms with Gasteiger partial charge in [-0.2, -0.15) is 0 Å². The molecule has 206 valence electrons. The maximum atomic E-state index is 14.4. The molecule has 2 atom stereocenters. The Bertz CT molecular complexity index is 1220. The van der Waals surface area contributed by atoms with Crippen molar-refractivity contribution in [2.45, 2.75) is 51.6 Å². The number of carboxylic acids is 1. The van der Waals surface area contributed by atoms with Gasteiger partial charge in [0, 0.05) is 35.8 Å². The van der Waals surface area contributed by atoms with Crippen molar-refractivity contribution < 1.29 is 32.6 Å². The molecule has 0 spiro atoms. The van der Waals surface area contributed by atoms with Crippen LogP contribution in [0.3, 0.4) is 0 Å². The Balaban J connectivity index is 0.00000195. The molecule has 13 heteroatoms. The number of halogens is 4. The summed E-state index contributed by atoms with van der Waals surface area (Å²) in [6.07, 6.45) is 0.701. The first-order chi connectivity index (χ1) is 18.1. The monoisotopic (exact) mass is 572 g/mol. The Hall–Kier alpha value is -2.96. The predicted molar refractivity (Wildman–Crippen MR) is 138 cm³/mol. The summed E-state index contributed by atoms with van der Waals surface area (Å²) in [6, 6.07) is 1.71. The molecular formula is C25H28ClF3N4O4S. The third-order valence-electron chi connectivity index (χ3n) is 5.84. The number of nitrogens with one attached hydrogen (secondary N) is 1. The fraction of sp³-hybridized carbons (Fsp3) is 0.440. The SMILES string of the molecule is CC.CCOC(=O)C1=C(CN2CC(F)(F)CCC2C(=O)O)NC(c2nccs2)=N[C@H]1c1cccc(F)c1Cl. The number of carboxylic acid groups (broad SMARTS) is 1. The first-order valence-corrected chi connectivity index (χ1v) is 13.3. The number of aliphatic imine (C=N–C) groups is 1. The number of amidine groups is 1. The molecule has 1 aromatic heterocycles. The summed E-state index contributed by atoms with van der Waals surface area (Å²) < 4.78 is 48.2. The molecule has 2 aromatic rings. The van der Waals surface area contributed by atoms with E-state index in [4.69, 9.17) is 16.3 Å². The highest BCUT2D eigenvalue weighted by molar-refractivity contribution is 7.11. The summed E-state index contributed by atoms with van der Waals surface area (Å²) in [5.41, 5.74) is 0.178. The van der Waals surface area contributed by atoms with Crippen LogP contribution in [0.1, 0.15) is 50.2 Å². The minimum absolute atomic E-state index is 0.00179. The molecule has 2 N–H and O–H groups in total. The lowest BCUT2D eigenvalue weighted by molar-refractivity contribution is -0.151. The number of hydrogen-bond donors (Lipinski definition) is 2. The maximum Gasteiger partial charge on any atom is 0.338 e. The van der Waals surface area contributed by atoms with Crippen molar-refractivity contribution in [3.05, 3.63) is 62.5 Å². The van der Waals surface area contributed by atoms with Gasteiger partial charge >= 0.3 is 11.9 Å². The molecular weight excluding hydrogens is 545 g/mol. The highest BCUT2D eigenvalue weighted by Crippen LogP contribution is 2.38. The summed E-state index contributed by atoms with van der Waals surface area (Å²) >= 11 is 7.48. The molecule has 0 amide bonds. The number of piperidine rings is 1. The van der Waals surface area contributed by atoms with Crippen LogP contribution in [-0.4, -0.2) is 64.4 Å². The lowest BCUT2D eigenvalue weighted by Gasteiger charge is -2.39. The van der Waals surface area contributed by atoms with Crippen LogP contribution in [0.15, 0.2) is 46.0 Å². The van der Waals surface area contributed by atoms with Crippen LogP contribution in [-0.2, 0) is 14.3 Å². The highest BCUT2D eigenvalue weighted by Gasteiger charge is 2.44. The van der Waals surface area contributed by atoms with Crippen molar-refractivity contribution in [3.8, 4) is 0 Å². The van der Waals surface area contributed by atoms with E-state index in [2.05, 4.69) is 15.3 Å². The van der Waals surface area contributed by atoms with Gasteiger partial charge in [0.1, 0.15) is 17.9 Å². The standard InChI is InChI=1S/C23H22ClF3N4O4S.C2H6/c1-2-35-22(34)16-14(10-31-11-23(26,27)7-6-15(31)21(32)33)29-19(20-28-8-9-36-20)30-18(16)12-4-3-5-13(25)17(12)24;1-2/h3-5,8-9,15,18H,2,6-7,10-11H2,1H3,(H,29,30)(H,32,33);1-2H3/t15?,18-;/m0./s1. The number of benzene rings is 1. The van der Waals surface area contributed by atoms with E-state index in [1.54, 1.807) is 12.3 Å². The van der Waals surface area contributed by atoms with Crippen LogP contribution in [0.2, 0.25) is 5.02 Å². The van der Waals surface area contributed by atoms with Crippen molar-refractivity contribution in [1.82, 2.24) is 15.2 Å². The minimum Gasteiger partial charge on any atom is -0.480 e. The molecule has 0 bridgehead atoms. The predicted octanol–water partition coefficient (Wildman–Crippen LogP) is 5.05. The number of aromatic nitrogens is 1. The normalized spacial score (nSPS) is 21.1. The number of esters is 1. The number of carbonyl (C=O) groups excluding carboxylic acids is 1. The second-order valence-electron chi connectivity index (χ2n) is 8.25. The number of ether oxygens (including phenoxy) is 1. The van der Waals surface area contributed by atoms with Gasteiger partial charge in [0.25, 0.3) is 5.92 Å². The third-order valence-corrected chi connectivity index (χ3v) is 7.02. The Kier molecular flexibility index (Phi) is 9.91. The summed E-state index contributed by atoms with van der Waals surface area (Å²) in [4.78, 5) is 34.9. The Labute approximate surface area is 227 Å².